The number of carbonyl (C=O) groups is 2. The molecule has 3 aromatic rings. The van der Waals surface area contributed by atoms with E-state index in [1.165, 1.54) is 15.9 Å². The molecule has 0 spiro atoms. The van der Waals surface area contributed by atoms with Gasteiger partial charge in [0.25, 0.3) is 5.56 Å². The van der Waals surface area contributed by atoms with Gasteiger partial charge in [0.2, 0.25) is 0 Å². The number of benzene rings is 2. The van der Waals surface area contributed by atoms with Gasteiger partial charge in [-0.25, -0.2) is 14.6 Å². The molecule has 2 aromatic carbocycles. The lowest BCUT2D eigenvalue weighted by molar-refractivity contribution is -0.140. The average molecular weight is 537 g/mol. The highest BCUT2D eigenvalue weighted by Crippen LogP contribution is 2.36. The van der Waals surface area contributed by atoms with Crippen LogP contribution in [0.2, 0.25) is 0 Å². The number of hydrogen-bond acceptors (Lipinski definition) is 8. The first-order valence-corrected chi connectivity index (χ1v) is 12.9. The first kappa shape index (κ1) is 26.9. The molecule has 2 heterocycles. The van der Waals surface area contributed by atoms with Gasteiger partial charge in [-0.05, 0) is 57.5 Å². The molecule has 38 heavy (non-hydrogen) atoms. The molecule has 0 saturated heterocycles. The van der Waals surface area contributed by atoms with Crippen LogP contribution < -0.4 is 24.4 Å². The lowest BCUT2D eigenvalue weighted by atomic mass is 9.95. The van der Waals surface area contributed by atoms with E-state index in [9.17, 15) is 14.4 Å². The largest absolute Gasteiger partial charge is 0.491 e. The molecular formula is C28H28N2O7S. The summed E-state index contributed by atoms with van der Waals surface area (Å²) in [6.07, 6.45) is 1.60. The highest BCUT2D eigenvalue weighted by molar-refractivity contribution is 7.07. The van der Waals surface area contributed by atoms with E-state index in [1.807, 2.05) is 38.1 Å². The summed E-state index contributed by atoms with van der Waals surface area (Å²) >= 11 is 1.22. The molecule has 0 unspecified atom stereocenters. The summed E-state index contributed by atoms with van der Waals surface area (Å²) < 4.78 is 18.5. The number of ether oxygens (including phenoxy) is 3. The van der Waals surface area contributed by atoms with Crippen molar-refractivity contribution in [1.29, 1.82) is 0 Å². The number of thiazole rings is 1. The summed E-state index contributed by atoms with van der Waals surface area (Å²) in [5.41, 5.74) is 1.83. The van der Waals surface area contributed by atoms with E-state index in [4.69, 9.17) is 19.3 Å². The Morgan fingerprint density at radius 3 is 2.53 bits per heavy atom. The molecule has 1 aromatic heterocycles. The third-order valence-corrected chi connectivity index (χ3v) is 6.62. The lowest BCUT2D eigenvalue weighted by Crippen LogP contribution is -2.40. The molecule has 1 aliphatic rings. The average Bonchev–Trinajstić information content (AvgIpc) is 3.17. The zero-order chi connectivity index (χ0) is 27.4. The Labute approximate surface area is 222 Å². The number of rotatable bonds is 9. The highest BCUT2D eigenvalue weighted by atomic mass is 32.1. The van der Waals surface area contributed by atoms with E-state index in [2.05, 4.69) is 4.99 Å². The molecule has 198 valence electrons. The monoisotopic (exact) mass is 536 g/mol. The predicted octanol–water partition coefficient (Wildman–Crippen LogP) is 3.05. The minimum Gasteiger partial charge on any atom is -0.491 e. The number of nitrogens with zero attached hydrogens (tertiary/aromatic N) is 2. The van der Waals surface area contributed by atoms with Crippen LogP contribution in [0.5, 0.6) is 11.5 Å². The van der Waals surface area contributed by atoms with E-state index in [0.717, 1.165) is 5.56 Å². The van der Waals surface area contributed by atoms with Crippen LogP contribution in [0.3, 0.4) is 0 Å². The Hall–Kier alpha value is -4.18. The number of aliphatic carboxylic acids is 1. The van der Waals surface area contributed by atoms with Crippen LogP contribution in [0.15, 0.2) is 69.6 Å². The zero-order valence-electron chi connectivity index (χ0n) is 21.5. The first-order valence-electron chi connectivity index (χ1n) is 12.1. The van der Waals surface area contributed by atoms with Crippen molar-refractivity contribution in [3.63, 3.8) is 0 Å². The molecule has 9 nitrogen and oxygen atoms in total. The van der Waals surface area contributed by atoms with Crippen LogP contribution in [0.1, 0.15) is 44.9 Å². The van der Waals surface area contributed by atoms with Crippen molar-refractivity contribution >= 4 is 29.4 Å². The van der Waals surface area contributed by atoms with Crippen molar-refractivity contribution in [1.82, 2.24) is 4.57 Å². The van der Waals surface area contributed by atoms with E-state index in [1.54, 1.807) is 44.2 Å². The van der Waals surface area contributed by atoms with Gasteiger partial charge >= 0.3 is 11.9 Å². The molecule has 10 heteroatoms. The molecule has 1 N–H and O–H groups in total. The zero-order valence-corrected chi connectivity index (χ0v) is 22.3. The molecule has 0 bridgehead atoms. The topological polar surface area (TPSA) is 116 Å². The number of carbonyl (C=O) groups excluding carboxylic acids is 1. The summed E-state index contributed by atoms with van der Waals surface area (Å²) in [4.78, 5) is 42.7. The quantitative estimate of drug-likeness (QED) is 0.418. The van der Waals surface area contributed by atoms with Gasteiger partial charge in [0.05, 0.1) is 28.5 Å². The van der Waals surface area contributed by atoms with E-state index < -0.39 is 24.6 Å². The molecule has 0 saturated carbocycles. The highest BCUT2D eigenvalue weighted by Gasteiger charge is 2.35. The number of hydrogen-bond donors (Lipinski definition) is 1. The molecule has 1 aliphatic heterocycles. The van der Waals surface area contributed by atoms with Gasteiger partial charge in [0.1, 0.15) is 17.5 Å². The number of aromatic nitrogens is 1. The Morgan fingerprint density at radius 1 is 1.16 bits per heavy atom. The second-order valence-corrected chi connectivity index (χ2v) is 9.77. The molecule has 4 rings (SSSR count). The minimum atomic E-state index is -1.07. The van der Waals surface area contributed by atoms with Crippen LogP contribution in [0, 0.1) is 0 Å². The van der Waals surface area contributed by atoms with Gasteiger partial charge in [-0.2, -0.15) is 0 Å². The predicted molar refractivity (Wildman–Crippen MR) is 142 cm³/mol. The van der Waals surface area contributed by atoms with Gasteiger partial charge in [0, 0.05) is 5.56 Å². The Kier molecular flexibility index (Phi) is 8.11. The van der Waals surface area contributed by atoms with Crippen molar-refractivity contribution in [2.45, 2.75) is 39.8 Å². The van der Waals surface area contributed by atoms with Crippen LogP contribution in [-0.2, 0) is 14.3 Å². The minimum absolute atomic E-state index is 0.120. The number of carboxylic acid groups (broad SMARTS) is 1. The summed E-state index contributed by atoms with van der Waals surface area (Å²) in [5.74, 6) is -0.634. The normalized spacial score (nSPS) is 15.2. The molecule has 1 atom stereocenters. The molecule has 0 aliphatic carbocycles. The third-order valence-electron chi connectivity index (χ3n) is 5.63. The van der Waals surface area contributed by atoms with Crippen LogP contribution in [0.4, 0.5) is 0 Å². The van der Waals surface area contributed by atoms with Gasteiger partial charge in [0.15, 0.2) is 11.4 Å². The standard InChI is InChI=1S/C28H28N2O7S/c1-5-35-27(34)24-17(4)29-28-30(25(24)20-8-6-7-9-21(20)37-16(2)3)26(33)22(38-28)14-18-10-12-19(13-11-18)36-15-23(31)32/h6-14,16,25H,5,15H2,1-4H3,(H,31,32)/b22-14+/t25-/m1/s1. The molecule has 0 amide bonds. The molecule has 0 radical (unpaired) electrons. The summed E-state index contributed by atoms with van der Waals surface area (Å²) in [6.45, 7) is 7.02. The van der Waals surface area contributed by atoms with Gasteiger partial charge in [-0.3, -0.25) is 9.36 Å². The van der Waals surface area contributed by atoms with Crippen molar-refractivity contribution < 1.29 is 28.9 Å². The maximum atomic E-state index is 13.8. The fourth-order valence-corrected chi connectivity index (χ4v) is 5.16. The third kappa shape index (κ3) is 5.70. The van der Waals surface area contributed by atoms with Crippen LogP contribution >= 0.6 is 11.3 Å². The van der Waals surface area contributed by atoms with Crippen molar-refractivity contribution in [3.8, 4) is 11.5 Å². The summed E-state index contributed by atoms with van der Waals surface area (Å²) in [6, 6.07) is 13.3. The fourth-order valence-electron chi connectivity index (χ4n) is 4.11. The number of para-hydroxylation sites is 1. The lowest BCUT2D eigenvalue weighted by Gasteiger charge is -2.26. The summed E-state index contributed by atoms with van der Waals surface area (Å²) in [5, 5.41) is 8.78. The van der Waals surface area contributed by atoms with E-state index in [-0.39, 0.29) is 23.8 Å². The second-order valence-electron chi connectivity index (χ2n) is 8.76. The van der Waals surface area contributed by atoms with E-state index in [0.29, 0.717) is 32.1 Å². The second kappa shape index (κ2) is 11.5. The van der Waals surface area contributed by atoms with Crippen molar-refractivity contribution in [2.24, 2.45) is 4.99 Å². The Bertz CT molecular complexity index is 1570. The fraction of sp³-hybridized carbons (Fsp3) is 0.286. The SMILES string of the molecule is CCOC(=O)C1=C(C)N=c2s/c(=C/c3ccc(OCC(=O)O)cc3)c(=O)n2[C@@H]1c1ccccc1OC(C)C. The molecular weight excluding hydrogens is 508 g/mol. The number of fused-ring (bicyclic) bond motifs is 1. The maximum Gasteiger partial charge on any atom is 0.341 e. The number of esters is 1. The van der Waals surface area contributed by atoms with Gasteiger partial charge < -0.3 is 19.3 Å². The smallest absolute Gasteiger partial charge is 0.341 e. The Morgan fingerprint density at radius 2 is 1.87 bits per heavy atom. The summed E-state index contributed by atoms with van der Waals surface area (Å²) in [7, 11) is 0. The molecule has 0 fully saturated rings. The van der Waals surface area contributed by atoms with Crippen molar-refractivity contribution in [2.75, 3.05) is 13.2 Å². The Balaban J connectivity index is 1.86. The van der Waals surface area contributed by atoms with Gasteiger partial charge in [-0.15, -0.1) is 0 Å². The number of carboxylic acids is 1. The van der Waals surface area contributed by atoms with Crippen LogP contribution in [-0.4, -0.2) is 40.9 Å². The van der Waals surface area contributed by atoms with E-state index >= 15 is 0 Å². The van der Waals surface area contributed by atoms with Gasteiger partial charge in [-0.1, -0.05) is 41.7 Å². The first-order chi connectivity index (χ1) is 18.2. The van der Waals surface area contributed by atoms with Crippen LogP contribution in [0.25, 0.3) is 6.08 Å². The van der Waals surface area contributed by atoms with Crippen molar-refractivity contribution in [3.05, 3.63) is 90.6 Å². The maximum absolute atomic E-state index is 13.8. The number of allylic oxidation sites excluding steroid dienone is 1.